The van der Waals surface area contributed by atoms with Crippen LogP contribution in [-0.2, 0) is 17.5 Å². The molecule has 2 amide bonds. The maximum atomic E-state index is 13.2. The maximum Gasteiger partial charge on any atom is 0.416 e. The van der Waals surface area contributed by atoms with Crippen LogP contribution in [0.1, 0.15) is 66.2 Å². The summed E-state index contributed by atoms with van der Waals surface area (Å²) in [4.78, 5) is 25.4. The number of aryl methyl sites for hydroxylation is 2. The first-order valence-electron chi connectivity index (χ1n) is 12.8. The molecule has 7 nitrogen and oxygen atoms in total. The summed E-state index contributed by atoms with van der Waals surface area (Å²) in [5.41, 5.74) is 2.46. The molecule has 0 radical (unpaired) electrons. The van der Waals surface area contributed by atoms with Crippen LogP contribution in [0.25, 0.3) is 0 Å². The van der Waals surface area contributed by atoms with Gasteiger partial charge in [0.15, 0.2) is 0 Å². The van der Waals surface area contributed by atoms with Gasteiger partial charge in [-0.15, -0.1) is 0 Å². The van der Waals surface area contributed by atoms with Crippen LogP contribution in [0.15, 0.2) is 36.4 Å². The fourth-order valence-electron chi connectivity index (χ4n) is 4.05. The van der Waals surface area contributed by atoms with Gasteiger partial charge in [-0.3, -0.25) is 9.59 Å². The predicted molar refractivity (Wildman–Crippen MR) is 143 cm³/mol. The number of aliphatic hydroxyl groups is 1. The monoisotopic (exact) mass is 536 g/mol. The van der Waals surface area contributed by atoms with Crippen LogP contribution in [0.3, 0.4) is 0 Å². The molecule has 0 saturated carbocycles. The molecule has 0 fully saturated rings. The van der Waals surface area contributed by atoms with Gasteiger partial charge in [-0.05, 0) is 63.4 Å². The molecule has 2 unspecified atom stereocenters. The maximum absolute atomic E-state index is 13.2. The highest BCUT2D eigenvalue weighted by Gasteiger charge is 2.32. The fourth-order valence-corrected chi connectivity index (χ4v) is 4.05. The van der Waals surface area contributed by atoms with E-state index in [2.05, 4.69) is 27.3 Å². The lowest BCUT2D eigenvalue weighted by atomic mass is 10.0. The van der Waals surface area contributed by atoms with Crippen LogP contribution < -0.4 is 21.3 Å². The van der Waals surface area contributed by atoms with Crippen molar-refractivity contribution in [2.24, 2.45) is 0 Å². The van der Waals surface area contributed by atoms with Gasteiger partial charge < -0.3 is 26.4 Å². The summed E-state index contributed by atoms with van der Waals surface area (Å²) in [6, 6.07) is 8.26. The minimum absolute atomic E-state index is 0.126. The summed E-state index contributed by atoms with van der Waals surface area (Å²) in [5.74, 6) is -1.37. The van der Waals surface area contributed by atoms with Crippen molar-refractivity contribution in [2.75, 3.05) is 18.4 Å². The van der Waals surface area contributed by atoms with E-state index in [1.54, 1.807) is 13.8 Å². The molecule has 2 aromatic carbocycles. The number of aliphatic hydroxyl groups excluding tert-OH is 1. The third-order valence-electron chi connectivity index (χ3n) is 6.02. The number of alkyl halides is 3. The van der Waals surface area contributed by atoms with Crippen molar-refractivity contribution in [2.45, 2.75) is 78.4 Å². The number of hydrogen-bond donors (Lipinski definition) is 5. The normalized spacial score (nSPS) is 13.2. The Kier molecular flexibility index (Phi) is 11.6. The molecule has 2 aromatic rings. The van der Waals surface area contributed by atoms with E-state index >= 15 is 0 Å². The molecule has 0 aliphatic rings. The minimum Gasteiger partial charge on any atom is -0.391 e. The van der Waals surface area contributed by atoms with Gasteiger partial charge in [0.25, 0.3) is 5.91 Å². The Morgan fingerprint density at radius 1 is 1.05 bits per heavy atom. The Hall–Kier alpha value is -3.11. The van der Waals surface area contributed by atoms with E-state index in [0.717, 1.165) is 28.8 Å². The van der Waals surface area contributed by atoms with Crippen molar-refractivity contribution in [3.63, 3.8) is 0 Å². The molecule has 5 N–H and O–H groups in total. The van der Waals surface area contributed by atoms with E-state index in [1.165, 1.54) is 6.07 Å². The van der Waals surface area contributed by atoms with Crippen LogP contribution in [0.2, 0.25) is 0 Å². The summed E-state index contributed by atoms with van der Waals surface area (Å²) >= 11 is 0. The second kappa shape index (κ2) is 14.2. The Bertz CT molecular complexity index is 1090. The summed E-state index contributed by atoms with van der Waals surface area (Å²) in [6.07, 6.45) is -4.24. The van der Waals surface area contributed by atoms with Crippen molar-refractivity contribution < 1.29 is 27.9 Å². The molecule has 0 bridgehead atoms. The van der Waals surface area contributed by atoms with E-state index in [9.17, 15) is 27.9 Å². The minimum atomic E-state index is -4.62. The van der Waals surface area contributed by atoms with E-state index in [0.29, 0.717) is 25.9 Å². The van der Waals surface area contributed by atoms with Crippen molar-refractivity contribution in [3.05, 3.63) is 64.2 Å². The number of benzene rings is 2. The average molecular weight is 537 g/mol. The smallest absolute Gasteiger partial charge is 0.391 e. The molecular weight excluding hydrogens is 497 g/mol. The molecule has 10 heteroatoms. The highest BCUT2D eigenvalue weighted by atomic mass is 19.4. The summed E-state index contributed by atoms with van der Waals surface area (Å²) in [5, 5.41) is 21.9. The van der Waals surface area contributed by atoms with Gasteiger partial charge >= 0.3 is 6.18 Å². The lowest BCUT2D eigenvalue weighted by Gasteiger charge is -2.25. The first-order valence-corrected chi connectivity index (χ1v) is 12.8. The van der Waals surface area contributed by atoms with Gasteiger partial charge in [0.1, 0.15) is 0 Å². The third-order valence-corrected chi connectivity index (χ3v) is 6.02. The van der Waals surface area contributed by atoms with Gasteiger partial charge in [0.2, 0.25) is 5.91 Å². The molecule has 0 spiro atoms. The van der Waals surface area contributed by atoms with Crippen molar-refractivity contribution in [1.82, 2.24) is 16.0 Å². The second-order valence-corrected chi connectivity index (χ2v) is 9.83. The van der Waals surface area contributed by atoms with E-state index in [-0.39, 0.29) is 17.3 Å². The van der Waals surface area contributed by atoms with Gasteiger partial charge in [-0.2, -0.15) is 13.2 Å². The van der Waals surface area contributed by atoms with Crippen LogP contribution in [-0.4, -0.2) is 48.2 Å². The predicted octanol–water partition coefficient (Wildman–Crippen LogP) is 4.31. The standard InChI is InChI=1S/C28H39F3N4O3/c1-6-7-25(36)24(15-32-14-20-9-8-18(4)12-19(20)5)35-26(37)16-33-27(38)22-13-21(28(29,30)31)10-11-23(22)34-17(2)3/h8-13,17,24-25,32,34,36H,6-7,14-16H2,1-5H3,(H,33,38)(H,35,37). The molecule has 0 aliphatic heterocycles. The summed E-state index contributed by atoms with van der Waals surface area (Å²) in [7, 11) is 0. The van der Waals surface area contributed by atoms with Crippen molar-refractivity contribution in [3.8, 4) is 0 Å². The zero-order valence-electron chi connectivity index (χ0n) is 22.6. The number of carbonyl (C=O) groups is 2. The van der Waals surface area contributed by atoms with Gasteiger partial charge in [-0.1, -0.05) is 37.1 Å². The fraction of sp³-hybridized carbons (Fsp3) is 0.500. The number of carbonyl (C=O) groups excluding carboxylic acids is 2. The van der Waals surface area contributed by atoms with Crippen LogP contribution in [0, 0.1) is 13.8 Å². The number of nitrogens with one attached hydrogen (secondary N) is 4. The first kappa shape index (κ1) is 31.1. The van der Waals surface area contributed by atoms with E-state index < -0.39 is 42.2 Å². The second-order valence-electron chi connectivity index (χ2n) is 9.83. The largest absolute Gasteiger partial charge is 0.416 e. The third kappa shape index (κ3) is 9.64. The lowest BCUT2D eigenvalue weighted by molar-refractivity contribution is -0.137. The quantitative estimate of drug-likeness (QED) is 0.263. The number of rotatable bonds is 13. The Labute approximate surface area is 222 Å². The number of amides is 2. The van der Waals surface area contributed by atoms with E-state index in [4.69, 9.17) is 0 Å². The zero-order valence-corrected chi connectivity index (χ0v) is 22.6. The highest BCUT2D eigenvalue weighted by molar-refractivity contribution is 6.01. The Morgan fingerprint density at radius 3 is 2.37 bits per heavy atom. The molecular formula is C28H39F3N4O3. The van der Waals surface area contributed by atoms with Gasteiger partial charge in [0, 0.05) is 24.8 Å². The molecule has 0 saturated heterocycles. The van der Waals surface area contributed by atoms with Gasteiger partial charge in [0.05, 0.1) is 29.8 Å². The Morgan fingerprint density at radius 2 is 1.76 bits per heavy atom. The summed E-state index contributed by atoms with van der Waals surface area (Å²) < 4.78 is 39.7. The molecule has 2 atom stereocenters. The molecule has 210 valence electrons. The topological polar surface area (TPSA) is 102 Å². The zero-order chi connectivity index (χ0) is 28.5. The van der Waals surface area contributed by atoms with Gasteiger partial charge in [-0.25, -0.2) is 0 Å². The first-order chi connectivity index (χ1) is 17.8. The van der Waals surface area contributed by atoms with Crippen LogP contribution in [0.5, 0.6) is 0 Å². The number of halogens is 3. The SMILES string of the molecule is CCCC(O)C(CNCc1ccc(C)cc1C)NC(=O)CNC(=O)c1cc(C(F)(F)F)ccc1NC(C)C. The molecule has 0 aromatic heterocycles. The van der Waals surface area contributed by atoms with Crippen LogP contribution in [0.4, 0.5) is 18.9 Å². The number of anilines is 1. The lowest BCUT2D eigenvalue weighted by Crippen LogP contribution is -2.51. The molecule has 2 rings (SSSR count). The van der Waals surface area contributed by atoms with Crippen molar-refractivity contribution in [1.29, 1.82) is 0 Å². The molecule has 0 heterocycles. The van der Waals surface area contributed by atoms with Crippen molar-refractivity contribution >= 4 is 17.5 Å². The Balaban J connectivity index is 2.04. The molecule has 0 aliphatic carbocycles. The summed E-state index contributed by atoms with van der Waals surface area (Å²) in [6.45, 7) is 9.94. The van der Waals surface area contributed by atoms with Crippen LogP contribution >= 0.6 is 0 Å². The molecule has 38 heavy (non-hydrogen) atoms. The number of hydrogen-bond acceptors (Lipinski definition) is 5. The highest BCUT2D eigenvalue weighted by Crippen LogP contribution is 2.32. The average Bonchev–Trinajstić information content (AvgIpc) is 2.82. The van der Waals surface area contributed by atoms with E-state index in [1.807, 2.05) is 32.9 Å².